The Balaban J connectivity index is 2.44. The van der Waals surface area contributed by atoms with Crippen molar-refractivity contribution in [1.82, 2.24) is 5.32 Å². The van der Waals surface area contributed by atoms with Gasteiger partial charge in [-0.25, -0.2) is 4.79 Å². The molecule has 5 heteroatoms. The average molecular weight is 275 g/mol. The van der Waals surface area contributed by atoms with Crippen molar-refractivity contribution in [2.75, 3.05) is 7.11 Å². The van der Waals surface area contributed by atoms with E-state index in [1.54, 1.807) is 18.2 Å². The Morgan fingerprint density at radius 3 is 2.90 bits per heavy atom. The van der Waals surface area contributed by atoms with Crippen LogP contribution < -0.4 is 10.1 Å². The minimum atomic E-state index is -0.591. The minimum Gasteiger partial charge on any atom is -0.453 e. The number of esters is 1. The molecule has 0 bridgehead atoms. The first-order valence-corrected chi connectivity index (χ1v) is 6.05. The highest BCUT2D eigenvalue weighted by molar-refractivity contribution is 5.74. The van der Waals surface area contributed by atoms with Crippen molar-refractivity contribution >= 4 is 12.1 Å². The van der Waals surface area contributed by atoms with Crippen LogP contribution in [0.3, 0.4) is 0 Å². The monoisotopic (exact) mass is 275 g/mol. The lowest BCUT2D eigenvalue weighted by Crippen LogP contribution is -2.16. The van der Waals surface area contributed by atoms with Gasteiger partial charge in [-0.2, -0.15) is 0 Å². The smallest absolute Gasteiger partial charge is 0.410 e. The maximum absolute atomic E-state index is 11.6. The van der Waals surface area contributed by atoms with Gasteiger partial charge in [0.25, 0.3) is 0 Å². The van der Waals surface area contributed by atoms with Crippen molar-refractivity contribution in [3.05, 3.63) is 54.8 Å². The number of methoxy groups -OCH3 is 1. The van der Waals surface area contributed by atoms with Crippen LogP contribution in [-0.2, 0) is 16.0 Å². The molecule has 1 aromatic rings. The molecular formula is C15H17NO4. The average Bonchev–Trinajstić information content (AvgIpc) is 2.44. The molecule has 0 radical (unpaired) electrons. The molecule has 20 heavy (non-hydrogen) atoms. The number of ether oxygens (including phenoxy) is 2. The number of hydrogen-bond donors (Lipinski definition) is 1. The normalized spacial score (nSPS) is 10.1. The lowest BCUT2D eigenvalue weighted by atomic mass is 10.1. The van der Waals surface area contributed by atoms with Gasteiger partial charge in [0, 0.05) is 6.20 Å². The fourth-order valence-corrected chi connectivity index (χ4v) is 1.42. The van der Waals surface area contributed by atoms with Gasteiger partial charge in [0.15, 0.2) is 0 Å². The number of carbonyl (C=O) groups is 2. The number of nitrogens with one attached hydrogen (secondary N) is 1. The van der Waals surface area contributed by atoms with E-state index < -0.39 is 12.1 Å². The number of benzene rings is 1. The number of allylic oxidation sites excluding steroid dienone is 1. The zero-order valence-electron chi connectivity index (χ0n) is 11.3. The molecule has 0 aliphatic carbocycles. The molecule has 0 saturated carbocycles. The molecule has 0 aliphatic rings. The maximum atomic E-state index is 11.6. The summed E-state index contributed by atoms with van der Waals surface area (Å²) < 4.78 is 9.53. The van der Waals surface area contributed by atoms with Crippen LogP contribution in [0.15, 0.2) is 49.2 Å². The first kappa shape index (κ1) is 15.5. The molecule has 0 spiro atoms. The second-order valence-corrected chi connectivity index (χ2v) is 3.86. The van der Waals surface area contributed by atoms with Crippen molar-refractivity contribution in [1.29, 1.82) is 0 Å². The van der Waals surface area contributed by atoms with Gasteiger partial charge in [-0.05, 0) is 24.1 Å². The van der Waals surface area contributed by atoms with E-state index in [1.165, 1.54) is 19.4 Å². The van der Waals surface area contributed by atoms with E-state index in [0.717, 1.165) is 5.56 Å². The molecule has 1 rings (SSSR count). The lowest BCUT2D eigenvalue weighted by Gasteiger charge is -2.04. The summed E-state index contributed by atoms with van der Waals surface area (Å²) >= 11 is 0. The number of alkyl carbamates (subject to hydrolysis) is 1. The molecule has 0 aliphatic heterocycles. The van der Waals surface area contributed by atoms with Crippen LogP contribution in [0.2, 0.25) is 0 Å². The Labute approximate surface area is 117 Å². The molecule has 0 unspecified atom stereocenters. The third-order valence-electron chi connectivity index (χ3n) is 2.30. The highest BCUT2D eigenvalue weighted by Gasteiger charge is 2.03. The highest BCUT2D eigenvalue weighted by atomic mass is 16.5. The third-order valence-corrected chi connectivity index (χ3v) is 2.30. The summed E-state index contributed by atoms with van der Waals surface area (Å²) in [4.78, 5) is 22.3. The Hall–Kier alpha value is -2.56. The van der Waals surface area contributed by atoms with Gasteiger partial charge >= 0.3 is 12.1 Å². The zero-order valence-corrected chi connectivity index (χ0v) is 11.3. The maximum Gasteiger partial charge on any atom is 0.410 e. The minimum absolute atomic E-state index is 0.0513. The molecule has 106 valence electrons. The van der Waals surface area contributed by atoms with Gasteiger partial charge in [0.1, 0.15) is 5.75 Å². The summed E-state index contributed by atoms with van der Waals surface area (Å²) in [5.41, 5.74) is 1.02. The number of rotatable bonds is 6. The predicted molar refractivity (Wildman–Crippen MR) is 75.3 cm³/mol. The molecule has 0 atom stereocenters. The Bertz CT molecular complexity index is 508. The fraction of sp³-hybridized carbons (Fsp3) is 0.200. The summed E-state index contributed by atoms with van der Waals surface area (Å²) in [7, 11) is 1.26. The van der Waals surface area contributed by atoms with Gasteiger partial charge in [-0.3, -0.25) is 10.1 Å². The standard InChI is InChI=1S/C15H17NO4/c1-3-6-12-7-4-8-13(11-12)20-14(17)9-5-10-16-15(18)19-2/h3-5,7-8,10-11H,1,6,9H2,2H3,(H,16,18)/b10-5+. The molecule has 1 aromatic carbocycles. The molecule has 0 saturated heterocycles. The van der Waals surface area contributed by atoms with E-state index in [1.807, 2.05) is 12.1 Å². The van der Waals surface area contributed by atoms with E-state index in [9.17, 15) is 9.59 Å². The Morgan fingerprint density at radius 2 is 2.20 bits per heavy atom. The Kier molecular flexibility index (Phi) is 6.61. The molecular weight excluding hydrogens is 258 g/mol. The van der Waals surface area contributed by atoms with Crippen LogP contribution in [0.25, 0.3) is 0 Å². The lowest BCUT2D eigenvalue weighted by molar-refractivity contribution is -0.133. The zero-order chi connectivity index (χ0) is 14.8. The molecule has 0 fully saturated rings. The second kappa shape index (κ2) is 8.53. The number of amides is 1. The van der Waals surface area contributed by atoms with E-state index in [0.29, 0.717) is 12.2 Å². The van der Waals surface area contributed by atoms with Crippen LogP contribution >= 0.6 is 0 Å². The van der Waals surface area contributed by atoms with Crippen molar-refractivity contribution in [2.24, 2.45) is 0 Å². The molecule has 1 amide bonds. The summed E-state index contributed by atoms with van der Waals surface area (Å²) in [6.07, 6.45) is 4.77. The van der Waals surface area contributed by atoms with Gasteiger partial charge in [0.05, 0.1) is 13.5 Å². The van der Waals surface area contributed by atoms with E-state index in [-0.39, 0.29) is 6.42 Å². The van der Waals surface area contributed by atoms with Crippen LogP contribution in [0.1, 0.15) is 12.0 Å². The van der Waals surface area contributed by atoms with Gasteiger partial charge in [-0.1, -0.05) is 24.3 Å². The van der Waals surface area contributed by atoms with E-state index in [4.69, 9.17) is 4.74 Å². The van der Waals surface area contributed by atoms with Crippen LogP contribution in [-0.4, -0.2) is 19.2 Å². The highest BCUT2D eigenvalue weighted by Crippen LogP contribution is 2.14. The van der Waals surface area contributed by atoms with Crippen molar-refractivity contribution in [3.8, 4) is 5.75 Å². The molecule has 0 heterocycles. The topological polar surface area (TPSA) is 64.6 Å². The predicted octanol–water partition coefficient (Wildman–Crippen LogP) is 2.58. The first-order valence-electron chi connectivity index (χ1n) is 6.05. The molecule has 1 N–H and O–H groups in total. The molecule has 0 aromatic heterocycles. The second-order valence-electron chi connectivity index (χ2n) is 3.86. The SMILES string of the molecule is C=CCc1cccc(OC(=O)C/C=C/NC(=O)OC)c1. The van der Waals surface area contributed by atoms with Crippen molar-refractivity contribution in [3.63, 3.8) is 0 Å². The summed E-state index contributed by atoms with van der Waals surface area (Å²) in [5.74, 6) is 0.0762. The Morgan fingerprint density at radius 1 is 1.40 bits per heavy atom. The first-order chi connectivity index (χ1) is 9.65. The quantitative estimate of drug-likeness (QED) is 0.492. The van der Waals surface area contributed by atoms with Crippen LogP contribution in [0.5, 0.6) is 5.75 Å². The van der Waals surface area contributed by atoms with E-state index >= 15 is 0 Å². The van der Waals surface area contributed by atoms with Crippen LogP contribution in [0, 0.1) is 0 Å². The van der Waals surface area contributed by atoms with Crippen molar-refractivity contribution < 1.29 is 19.1 Å². The van der Waals surface area contributed by atoms with E-state index in [2.05, 4.69) is 16.6 Å². The summed E-state index contributed by atoms with van der Waals surface area (Å²) in [6, 6.07) is 7.24. The number of hydrogen-bond acceptors (Lipinski definition) is 4. The van der Waals surface area contributed by atoms with Crippen molar-refractivity contribution in [2.45, 2.75) is 12.8 Å². The fourth-order valence-electron chi connectivity index (χ4n) is 1.42. The number of carbonyl (C=O) groups excluding carboxylic acids is 2. The molecule has 5 nitrogen and oxygen atoms in total. The largest absolute Gasteiger partial charge is 0.453 e. The van der Waals surface area contributed by atoms with Crippen LogP contribution in [0.4, 0.5) is 4.79 Å². The van der Waals surface area contributed by atoms with Gasteiger partial charge in [-0.15, -0.1) is 6.58 Å². The van der Waals surface area contributed by atoms with Gasteiger partial charge < -0.3 is 9.47 Å². The van der Waals surface area contributed by atoms with Gasteiger partial charge in [0.2, 0.25) is 0 Å². The third kappa shape index (κ3) is 5.86. The summed E-state index contributed by atoms with van der Waals surface area (Å²) in [6.45, 7) is 3.66. The summed E-state index contributed by atoms with van der Waals surface area (Å²) in [5, 5.41) is 2.32.